The van der Waals surface area contributed by atoms with E-state index in [1.54, 1.807) is 37.6 Å². The van der Waals surface area contributed by atoms with Crippen molar-refractivity contribution >= 4 is 46.3 Å². The molecule has 1 N–H and O–H groups in total. The van der Waals surface area contributed by atoms with E-state index >= 15 is 0 Å². The van der Waals surface area contributed by atoms with Crippen molar-refractivity contribution in [3.05, 3.63) is 76.9 Å². The number of amides is 2. The van der Waals surface area contributed by atoms with Gasteiger partial charge in [0.15, 0.2) is 5.82 Å². The van der Waals surface area contributed by atoms with Crippen LogP contribution in [0.5, 0.6) is 5.75 Å². The fourth-order valence-corrected chi connectivity index (χ4v) is 3.59. The molecule has 1 aliphatic rings. The van der Waals surface area contributed by atoms with Crippen molar-refractivity contribution in [2.75, 3.05) is 23.9 Å². The zero-order valence-electron chi connectivity index (χ0n) is 17.6. The van der Waals surface area contributed by atoms with Gasteiger partial charge < -0.3 is 10.1 Å². The number of nitrogens with one attached hydrogen (secondary N) is 1. The van der Waals surface area contributed by atoms with Crippen LogP contribution in [-0.2, 0) is 9.59 Å². The third-order valence-electron chi connectivity index (χ3n) is 5.08. The zero-order valence-corrected chi connectivity index (χ0v) is 18.4. The number of hydrogen-bond acceptors (Lipinski definition) is 5. The Morgan fingerprint density at radius 3 is 2.84 bits per heavy atom. The number of ether oxygens (including phenoxy) is 1. The molecule has 0 saturated carbocycles. The average molecular weight is 449 g/mol. The van der Waals surface area contributed by atoms with Crippen molar-refractivity contribution in [2.24, 2.45) is 4.99 Å². The summed E-state index contributed by atoms with van der Waals surface area (Å²) in [5.41, 5.74) is 3.33. The lowest BCUT2D eigenvalue weighted by Gasteiger charge is -2.21. The Morgan fingerprint density at radius 2 is 2.03 bits per heavy atom. The number of carbonyl (C=O) groups excluding carboxylic acids is 2. The molecular formula is C24H21ClN4O3. The van der Waals surface area contributed by atoms with Gasteiger partial charge in [0.25, 0.3) is 0 Å². The minimum atomic E-state index is -0.356. The minimum Gasteiger partial charge on any atom is -0.497 e. The van der Waals surface area contributed by atoms with Crippen LogP contribution in [0.15, 0.2) is 65.8 Å². The summed E-state index contributed by atoms with van der Waals surface area (Å²) in [6.45, 7) is 1.67. The number of methoxy groups -OCH3 is 1. The van der Waals surface area contributed by atoms with Crippen LogP contribution in [0, 0.1) is 6.92 Å². The van der Waals surface area contributed by atoms with Crippen LogP contribution >= 0.6 is 11.6 Å². The van der Waals surface area contributed by atoms with Gasteiger partial charge in [0.1, 0.15) is 18.0 Å². The van der Waals surface area contributed by atoms with Crippen molar-refractivity contribution in [3.8, 4) is 5.75 Å². The molecule has 4 rings (SSSR count). The van der Waals surface area contributed by atoms with Gasteiger partial charge in [0.05, 0.1) is 19.2 Å². The number of pyridine rings is 1. The van der Waals surface area contributed by atoms with Gasteiger partial charge in [0.2, 0.25) is 11.8 Å². The first kappa shape index (κ1) is 21.5. The number of aromatic nitrogens is 1. The molecular weight excluding hydrogens is 428 g/mol. The van der Waals surface area contributed by atoms with Crippen molar-refractivity contribution in [2.45, 2.75) is 13.3 Å². The molecule has 162 valence electrons. The standard InChI is InChI=1S/C24H21ClN4O3/c1-15-8-9-17(25)12-20(15)28-22(30)14-29-23(31)13-21(16-5-3-6-18(11-16)32-2)27-19-7-4-10-26-24(19)29/h3-12H,13-14H2,1-2H3,(H,28,30). The Bertz CT molecular complexity index is 1230. The summed E-state index contributed by atoms with van der Waals surface area (Å²) in [4.78, 5) is 36.4. The van der Waals surface area contributed by atoms with Crippen molar-refractivity contribution in [1.29, 1.82) is 0 Å². The molecule has 1 aromatic heterocycles. The number of anilines is 2. The van der Waals surface area contributed by atoms with Gasteiger partial charge >= 0.3 is 0 Å². The van der Waals surface area contributed by atoms with Crippen molar-refractivity contribution in [3.63, 3.8) is 0 Å². The molecule has 0 unspecified atom stereocenters. The molecule has 0 fully saturated rings. The molecule has 0 saturated heterocycles. The molecule has 0 radical (unpaired) electrons. The molecule has 1 aliphatic heterocycles. The van der Waals surface area contributed by atoms with Crippen LogP contribution in [0.1, 0.15) is 17.5 Å². The first-order chi connectivity index (χ1) is 15.4. The van der Waals surface area contributed by atoms with Crippen molar-refractivity contribution in [1.82, 2.24) is 4.98 Å². The maximum absolute atomic E-state index is 13.2. The Kier molecular flexibility index (Phi) is 6.18. The number of carbonyl (C=O) groups is 2. The minimum absolute atomic E-state index is 0.0208. The van der Waals surface area contributed by atoms with E-state index in [2.05, 4.69) is 15.3 Å². The van der Waals surface area contributed by atoms with Crippen LogP contribution in [0.2, 0.25) is 5.02 Å². The number of fused-ring (bicyclic) bond motifs is 1. The summed E-state index contributed by atoms with van der Waals surface area (Å²) >= 11 is 6.05. The summed E-state index contributed by atoms with van der Waals surface area (Å²) in [7, 11) is 1.58. The summed E-state index contributed by atoms with van der Waals surface area (Å²) in [5.74, 6) is 0.377. The molecule has 3 aromatic rings. The second-order valence-electron chi connectivity index (χ2n) is 7.30. The fraction of sp³-hybridized carbons (Fsp3) is 0.167. The van der Waals surface area contributed by atoms with Crippen LogP contribution in [0.4, 0.5) is 17.2 Å². The van der Waals surface area contributed by atoms with Gasteiger partial charge in [-0.1, -0.05) is 29.8 Å². The first-order valence-corrected chi connectivity index (χ1v) is 10.4. The summed E-state index contributed by atoms with van der Waals surface area (Å²) < 4.78 is 5.30. The second kappa shape index (κ2) is 9.20. The number of aliphatic imine (C=N–C) groups is 1. The van der Waals surface area contributed by atoms with Crippen molar-refractivity contribution < 1.29 is 14.3 Å². The topological polar surface area (TPSA) is 83.9 Å². The molecule has 7 nitrogen and oxygen atoms in total. The molecule has 8 heteroatoms. The van der Waals surface area contributed by atoms with Crippen LogP contribution in [0.25, 0.3) is 0 Å². The number of nitrogens with zero attached hydrogens (tertiary/aromatic N) is 3. The maximum atomic E-state index is 13.2. The van der Waals surface area contributed by atoms with E-state index in [-0.39, 0.29) is 24.8 Å². The largest absolute Gasteiger partial charge is 0.497 e. The highest BCUT2D eigenvalue weighted by Crippen LogP contribution is 2.31. The lowest BCUT2D eigenvalue weighted by atomic mass is 10.1. The van der Waals surface area contributed by atoms with Gasteiger partial charge in [-0.05, 0) is 48.9 Å². The molecule has 2 heterocycles. The number of benzene rings is 2. The van der Waals surface area contributed by atoms with E-state index in [0.29, 0.717) is 33.7 Å². The lowest BCUT2D eigenvalue weighted by Crippen LogP contribution is -2.39. The Hall–Kier alpha value is -3.71. The smallest absolute Gasteiger partial charge is 0.244 e. The SMILES string of the molecule is COc1cccc(C2=Nc3cccnc3N(CC(=O)Nc3cc(Cl)ccc3C)C(=O)C2)c1. The first-order valence-electron chi connectivity index (χ1n) is 9.98. The van der Waals surface area contributed by atoms with E-state index in [1.165, 1.54) is 4.90 Å². The molecule has 0 atom stereocenters. The predicted molar refractivity (Wildman–Crippen MR) is 125 cm³/mol. The fourth-order valence-electron chi connectivity index (χ4n) is 3.42. The molecule has 0 aliphatic carbocycles. The van der Waals surface area contributed by atoms with Gasteiger partial charge in [-0.15, -0.1) is 0 Å². The van der Waals surface area contributed by atoms with E-state index in [4.69, 9.17) is 16.3 Å². The average Bonchev–Trinajstić information content (AvgIpc) is 2.93. The van der Waals surface area contributed by atoms with E-state index < -0.39 is 0 Å². The second-order valence-corrected chi connectivity index (χ2v) is 7.74. The zero-order chi connectivity index (χ0) is 22.7. The highest BCUT2D eigenvalue weighted by atomic mass is 35.5. The van der Waals surface area contributed by atoms with Crippen LogP contribution < -0.4 is 15.0 Å². The molecule has 0 bridgehead atoms. The quantitative estimate of drug-likeness (QED) is 0.620. The van der Waals surface area contributed by atoms with E-state index in [9.17, 15) is 9.59 Å². The molecule has 0 spiro atoms. The highest BCUT2D eigenvalue weighted by Gasteiger charge is 2.28. The predicted octanol–water partition coefficient (Wildman–Crippen LogP) is 4.55. The monoisotopic (exact) mass is 448 g/mol. The van der Waals surface area contributed by atoms with E-state index in [1.807, 2.05) is 37.3 Å². The van der Waals surface area contributed by atoms with Crippen LogP contribution in [0.3, 0.4) is 0 Å². The summed E-state index contributed by atoms with van der Waals surface area (Å²) in [6.07, 6.45) is 1.59. The van der Waals surface area contributed by atoms with Crippen LogP contribution in [-0.4, -0.2) is 36.2 Å². The normalized spacial score (nSPS) is 13.2. The lowest BCUT2D eigenvalue weighted by molar-refractivity contribution is -0.120. The Balaban J connectivity index is 1.62. The van der Waals surface area contributed by atoms with E-state index in [0.717, 1.165) is 11.1 Å². The van der Waals surface area contributed by atoms with Gasteiger partial charge in [-0.3, -0.25) is 14.5 Å². The molecule has 32 heavy (non-hydrogen) atoms. The third-order valence-corrected chi connectivity index (χ3v) is 5.31. The Labute approximate surface area is 190 Å². The molecule has 2 amide bonds. The van der Waals surface area contributed by atoms with Gasteiger partial charge in [0, 0.05) is 22.5 Å². The summed E-state index contributed by atoms with van der Waals surface area (Å²) in [5, 5.41) is 3.34. The Morgan fingerprint density at radius 1 is 1.19 bits per heavy atom. The number of aryl methyl sites for hydroxylation is 1. The van der Waals surface area contributed by atoms with Gasteiger partial charge in [-0.2, -0.15) is 0 Å². The number of halogens is 1. The summed E-state index contributed by atoms with van der Waals surface area (Å²) in [6, 6.07) is 16.1. The third kappa shape index (κ3) is 4.63. The number of rotatable bonds is 5. The molecule has 2 aromatic carbocycles. The maximum Gasteiger partial charge on any atom is 0.244 e. The number of hydrogen-bond donors (Lipinski definition) is 1. The van der Waals surface area contributed by atoms with Gasteiger partial charge in [-0.25, -0.2) is 9.98 Å². The highest BCUT2D eigenvalue weighted by molar-refractivity contribution is 6.31.